The second kappa shape index (κ2) is 7.03. The van der Waals surface area contributed by atoms with Gasteiger partial charge in [-0.1, -0.05) is 6.07 Å². The number of carbonyl (C=O) groups excluding carboxylic acids is 1. The standard InChI is InChI=1S/C21H32N2OS/c1-15(20(24)22-6-5-19-4-3-7-25-19)23(2)14-21-11-16-8-17(12-21)10-18(9-16)13-21/h3-4,7,15-18H,5-6,8-14H2,1-2H3,(H,22,24). The number of carbonyl (C=O) groups is 1. The lowest BCUT2D eigenvalue weighted by molar-refractivity contribution is -0.127. The van der Waals surface area contributed by atoms with Crippen LogP contribution in [0.2, 0.25) is 0 Å². The summed E-state index contributed by atoms with van der Waals surface area (Å²) in [6.07, 6.45) is 9.64. The maximum Gasteiger partial charge on any atom is 0.237 e. The van der Waals surface area contributed by atoms with E-state index in [1.54, 1.807) is 11.3 Å². The highest BCUT2D eigenvalue weighted by Crippen LogP contribution is 2.60. The average Bonchev–Trinajstić information content (AvgIpc) is 3.05. The van der Waals surface area contributed by atoms with Gasteiger partial charge in [-0.05, 0) is 93.5 Å². The minimum absolute atomic E-state index is 0.0312. The molecule has 0 aliphatic heterocycles. The van der Waals surface area contributed by atoms with Crippen LogP contribution >= 0.6 is 11.3 Å². The SMILES string of the molecule is CC(C(=O)NCCc1cccs1)N(C)CC12CC3CC(CC(C3)C1)C2. The molecule has 1 atom stereocenters. The van der Waals surface area contributed by atoms with Crippen molar-refractivity contribution in [2.45, 2.75) is 57.9 Å². The molecule has 1 aromatic rings. The van der Waals surface area contributed by atoms with Crippen LogP contribution in [0.1, 0.15) is 50.3 Å². The smallest absolute Gasteiger partial charge is 0.237 e. The predicted molar refractivity (Wildman–Crippen MR) is 104 cm³/mol. The number of likely N-dealkylation sites (N-methyl/N-ethyl adjacent to an activating group) is 1. The first-order valence-corrected chi connectivity index (χ1v) is 10.9. The second-order valence-electron chi connectivity index (χ2n) is 9.13. The van der Waals surface area contributed by atoms with Gasteiger partial charge in [-0.15, -0.1) is 11.3 Å². The van der Waals surface area contributed by atoms with Crippen LogP contribution in [0.15, 0.2) is 17.5 Å². The van der Waals surface area contributed by atoms with Gasteiger partial charge in [0.2, 0.25) is 5.91 Å². The fourth-order valence-electron chi connectivity index (χ4n) is 6.26. The molecule has 1 N–H and O–H groups in total. The highest BCUT2D eigenvalue weighted by Gasteiger charge is 2.51. The summed E-state index contributed by atoms with van der Waals surface area (Å²) < 4.78 is 0. The summed E-state index contributed by atoms with van der Waals surface area (Å²) in [4.78, 5) is 16.2. The fourth-order valence-corrected chi connectivity index (χ4v) is 6.97. The van der Waals surface area contributed by atoms with Gasteiger partial charge >= 0.3 is 0 Å². The first-order chi connectivity index (χ1) is 12.0. The number of rotatable bonds is 7. The van der Waals surface area contributed by atoms with E-state index in [2.05, 4.69) is 41.7 Å². The Bertz CT molecular complexity index is 562. The van der Waals surface area contributed by atoms with Crippen molar-refractivity contribution in [3.63, 3.8) is 0 Å². The van der Waals surface area contributed by atoms with Crippen LogP contribution in [0.4, 0.5) is 0 Å². The summed E-state index contributed by atoms with van der Waals surface area (Å²) in [5.74, 6) is 3.13. The van der Waals surface area contributed by atoms with Gasteiger partial charge in [0, 0.05) is 18.0 Å². The molecule has 0 aromatic carbocycles. The zero-order valence-corrected chi connectivity index (χ0v) is 16.5. The van der Waals surface area contributed by atoms with Gasteiger partial charge in [-0.3, -0.25) is 9.69 Å². The minimum Gasteiger partial charge on any atom is -0.354 e. The molecule has 4 fully saturated rings. The first-order valence-electron chi connectivity index (χ1n) is 10.0. The summed E-state index contributed by atoms with van der Waals surface area (Å²) in [5.41, 5.74) is 0.509. The summed E-state index contributed by atoms with van der Waals surface area (Å²) >= 11 is 1.76. The molecule has 3 nitrogen and oxygen atoms in total. The van der Waals surface area contributed by atoms with E-state index in [4.69, 9.17) is 0 Å². The third kappa shape index (κ3) is 3.80. The first kappa shape index (κ1) is 17.5. The maximum absolute atomic E-state index is 12.5. The molecular formula is C21H32N2OS. The summed E-state index contributed by atoms with van der Waals surface area (Å²) in [7, 11) is 2.15. The maximum atomic E-state index is 12.5. The predicted octanol–water partition coefficient (Wildman–Crippen LogP) is 3.94. The molecule has 4 aliphatic rings. The van der Waals surface area contributed by atoms with Crippen molar-refractivity contribution in [1.82, 2.24) is 10.2 Å². The van der Waals surface area contributed by atoms with E-state index in [9.17, 15) is 4.79 Å². The Balaban J connectivity index is 1.28. The van der Waals surface area contributed by atoms with Crippen molar-refractivity contribution >= 4 is 17.2 Å². The topological polar surface area (TPSA) is 32.3 Å². The molecule has 1 heterocycles. The Kier molecular flexibility index (Phi) is 4.93. The van der Waals surface area contributed by atoms with E-state index in [1.807, 2.05) is 0 Å². The van der Waals surface area contributed by atoms with Crippen LogP contribution < -0.4 is 5.32 Å². The lowest BCUT2D eigenvalue weighted by Crippen LogP contribution is -2.53. The van der Waals surface area contributed by atoms with E-state index in [-0.39, 0.29) is 11.9 Å². The molecule has 4 saturated carbocycles. The van der Waals surface area contributed by atoms with Crippen LogP contribution in [-0.4, -0.2) is 37.0 Å². The summed E-state index contributed by atoms with van der Waals surface area (Å²) in [6, 6.07) is 4.18. The van der Waals surface area contributed by atoms with Crippen molar-refractivity contribution in [3.05, 3.63) is 22.4 Å². The Labute approximate surface area is 156 Å². The number of thiophene rings is 1. The van der Waals surface area contributed by atoms with Gasteiger partial charge in [-0.2, -0.15) is 0 Å². The van der Waals surface area contributed by atoms with Crippen molar-refractivity contribution in [2.24, 2.45) is 23.2 Å². The van der Waals surface area contributed by atoms with Crippen molar-refractivity contribution in [1.29, 1.82) is 0 Å². The Hall–Kier alpha value is -0.870. The average molecular weight is 361 g/mol. The highest BCUT2D eigenvalue weighted by molar-refractivity contribution is 7.09. The Morgan fingerprint density at radius 1 is 1.28 bits per heavy atom. The number of hydrogen-bond donors (Lipinski definition) is 1. The van der Waals surface area contributed by atoms with E-state index in [1.165, 1.54) is 43.4 Å². The molecule has 138 valence electrons. The molecule has 4 heteroatoms. The molecular weight excluding hydrogens is 328 g/mol. The number of nitrogens with zero attached hydrogens (tertiary/aromatic N) is 1. The third-order valence-corrected chi connectivity index (χ3v) is 7.98. The quantitative estimate of drug-likeness (QED) is 0.799. The number of nitrogens with one attached hydrogen (secondary N) is 1. The molecule has 1 amide bonds. The largest absolute Gasteiger partial charge is 0.354 e. The molecule has 5 rings (SSSR count). The summed E-state index contributed by atoms with van der Waals surface area (Å²) in [5, 5.41) is 5.23. The second-order valence-corrected chi connectivity index (χ2v) is 10.2. The monoisotopic (exact) mass is 360 g/mol. The molecule has 0 radical (unpaired) electrons. The summed E-state index contributed by atoms with van der Waals surface area (Å²) in [6.45, 7) is 3.92. The van der Waals surface area contributed by atoms with E-state index >= 15 is 0 Å². The van der Waals surface area contributed by atoms with Crippen molar-refractivity contribution in [2.75, 3.05) is 20.1 Å². The van der Waals surface area contributed by atoms with Gasteiger partial charge in [0.15, 0.2) is 0 Å². The molecule has 4 bridgehead atoms. The molecule has 25 heavy (non-hydrogen) atoms. The van der Waals surface area contributed by atoms with E-state index in [0.717, 1.165) is 37.3 Å². The van der Waals surface area contributed by atoms with Crippen LogP contribution in [0.5, 0.6) is 0 Å². The van der Waals surface area contributed by atoms with Gasteiger partial charge in [-0.25, -0.2) is 0 Å². The Morgan fingerprint density at radius 3 is 2.48 bits per heavy atom. The van der Waals surface area contributed by atoms with Gasteiger partial charge in [0.25, 0.3) is 0 Å². The van der Waals surface area contributed by atoms with E-state index in [0.29, 0.717) is 5.41 Å². The number of amides is 1. The zero-order valence-electron chi connectivity index (χ0n) is 15.7. The molecule has 1 aromatic heterocycles. The molecule has 4 aliphatic carbocycles. The normalized spacial score (nSPS) is 34.4. The van der Waals surface area contributed by atoms with Crippen LogP contribution in [0.3, 0.4) is 0 Å². The van der Waals surface area contributed by atoms with Gasteiger partial charge in [0.1, 0.15) is 0 Å². The fraction of sp³-hybridized carbons (Fsp3) is 0.762. The molecule has 1 unspecified atom stereocenters. The third-order valence-electron chi connectivity index (χ3n) is 7.04. The van der Waals surface area contributed by atoms with E-state index < -0.39 is 0 Å². The molecule has 0 spiro atoms. The van der Waals surface area contributed by atoms with Crippen LogP contribution in [0, 0.1) is 23.2 Å². The molecule has 0 saturated heterocycles. The van der Waals surface area contributed by atoms with Crippen LogP contribution in [-0.2, 0) is 11.2 Å². The van der Waals surface area contributed by atoms with Crippen molar-refractivity contribution < 1.29 is 4.79 Å². The van der Waals surface area contributed by atoms with Gasteiger partial charge < -0.3 is 5.32 Å². The number of hydrogen-bond acceptors (Lipinski definition) is 3. The van der Waals surface area contributed by atoms with Gasteiger partial charge in [0.05, 0.1) is 6.04 Å². The highest BCUT2D eigenvalue weighted by atomic mass is 32.1. The Morgan fingerprint density at radius 2 is 1.92 bits per heavy atom. The van der Waals surface area contributed by atoms with Crippen molar-refractivity contribution in [3.8, 4) is 0 Å². The lowest BCUT2D eigenvalue weighted by atomic mass is 9.49. The minimum atomic E-state index is -0.0312. The lowest BCUT2D eigenvalue weighted by Gasteiger charge is -2.58. The zero-order chi connectivity index (χ0) is 17.4. The van der Waals surface area contributed by atoms with Crippen LogP contribution in [0.25, 0.3) is 0 Å².